The highest BCUT2D eigenvalue weighted by Crippen LogP contribution is 2.36. The molecular formula is C25H31ClFN3O5. The van der Waals surface area contributed by atoms with Crippen molar-refractivity contribution in [3.8, 4) is 11.6 Å². The van der Waals surface area contributed by atoms with Crippen LogP contribution in [0.2, 0.25) is 5.02 Å². The van der Waals surface area contributed by atoms with Crippen LogP contribution in [0.25, 0.3) is 0 Å². The summed E-state index contributed by atoms with van der Waals surface area (Å²) in [4.78, 5) is 19.6. The van der Waals surface area contributed by atoms with Crippen molar-refractivity contribution in [1.29, 1.82) is 0 Å². The molecule has 2 aliphatic heterocycles. The third-order valence-electron chi connectivity index (χ3n) is 7.00. The van der Waals surface area contributed by atoms with Crippen molar-refractivity contribution in [1.82, 2.24) is 4.98 Å². The summed E-state index contributed by atoms with van der Waals surface area (Å²) in [6, 6.07) is 6.38. The molecule has 0 radical (unpaired) electrons. The number of benzene rings is 1. The highest BCUT2D eigenvalue weighted by Gasteiger charge is 2.40. The number of anilines is 2. The topological polar surface area (TPSA) is 84.4 Å². The molecule has 1 aromatic heterocycles. The van der Waals surface area contributed by atoms with Crippen LogP contribution < -0.4 is 19.3 Å². The maximum atomic E-state index is 15.1. The van der Waals surface area contributed by atoms with Crippen LogP contribution in [0.5, 0.6) is 11.6 Å². The Morgan fingerprint density at radius 2 is 2.00 bits per heavy atom. The minimum atomic E-state index is -0.887. The Balaban J connectivity index is 1.41. The number of aliphatic carboxylic acids is 1. The molecule has 0 spiro atoms. The van der Waals surface area contributed by atoms with E-state index in [-0.39, 0.29) is 36.3 Å². The molecule has 0 bridgehead atoms. The Morgan fingerprint density at radius 3 is 2.63 bits per heavy atom. The number of ether oxygens (including phenoxy) is 3. The Labute approximate surface area is 209 Å². The monoisotopic (exact) mass is 507 g/mol. The lowest BCUT2D eigenvalue weighted by molar-refractivity contribution is -0.137. The van der Waals surface area contributed by atoms with Crippen LogP contribution >= 0.6 is 11.6 Å². The number of hydrogen-bond acceptors (Lipinski definition) is 7. The molecule has 2 saturated heterocycles. The van der Waals surface area contributed by atoms with Crippen LogP contribution in [-0.2, 0) is 9.53 Å². The smallest absolute Gasteiger partial charge is 0.305 e. The second kappa shape index (κ2) is 10.9. The van der Waals surface area contributed by atoms with Crippen molar-refractivity contribution < 1.29 is 28.5 Å². The zero-order chi connectivity index (χ0) is 25.1. The number of rotatable bonds is 8. The quantitative estimate of drug-likeness (QED) is 0.568. The van der Waals surface area contributed by atoms with Gasteiger partial charge in [0.1, 0.15) is 6.10 Å². The molecule has 0 saturated carbocycles. The molecule has 3 heterocycles. The van der Waals surface area contributed by atoms with E-state index in [1.165, 1.54) is 6.07 Å². The van der Waals surface area contributed by atoms with Crippen molar-refractivity contribution in [2.75, 3.05) is 43.7 Å². The van der Waals surface area contributed by atoms with Gasteiger partial charge in [-0.2, -0.15) is 0 Å². The average molecular weight is 508 g/mol. The summed E-state index contributed by atoms with van der Waals surface area (Å²) in [5, 5.41) is 9.90. The van der Waals surface area contributed by atoms with Crippen LogP contribution in [0.4, 0.5) is 15.8 Å². The zero-order valence-corrected chi connectivity index (χ0v) is 20.9. The van der Waals surface area contributed by atoms with E-state index in [1.807, 2.05) is 17.9 Å². The number of piperidine rings is 1. The molecule has 3 unspecified atom stereocenters. The first-order valence-corrected chi connectivity index (χ1v) is 12.1. The molecular weight excluding hydrogens is 477 g/mol. The van der Waals surface area contributed by atoms with Gasteiger partial charge in [0, 0.05) is 69.4 Å². The molecule has 0 amide bonds. The zero-order valence-electron chi connectivity index (χ0n) is 20.1. The summed E-state index contributed by atoms with van der Waals surface area (Å²) < 4.78 is 31.8. The van der Waals surface area contributed by atoms with Gasteiger partial charge in [-0.1, -0.05) is 18.5 Å². The fraction of sp³-hybridized carbons (Fsp3) is 0.520. The van der Waals surface area contributed by atoms with Gasteiger partial charge in [0.05, 0.1) is 36.5 Å². The Morgan fingerprint density at radius 1 is 1.26 bits per heavy atom. The average Bonchev–Trinajstić information content (AvgIpc) is 3.16. The van der Waals surface area contributed by atoms with Gasteiger partial charge in [0.15, 0.2) is 11.6 Å². The molecule has 2 aromatic rings. The van der Waals surface area contributed by atoms with E-state index in [4.69, 9.17) is 25.8 Å². The van der Waals surface area contributed by atoms with Crippen LogP contribution in [0.1, 0.15) is 26.2 Å². The molecule has 35 heavy (non-hydrogen) atoms. The van der Waals surface area contributed by atoms with Gasteiger partial charge < -0.3 is 29.1 Å². The molecule has 1 N–H and O–H groups in total. The fourth-order valence-electron chi connectivity index (χ4n) is 5.01. The number of carbonyl (C=O) groups is 1. The lowest BCUT2D eigenvalue weighted by Gasteiger charge is -2.34. The maximum Gasteiger partial charge on any atom is 0.305 e. The van der Waals surface area contributed by atoms with Crippen molar-refractivity contribution >= 4 is 28.9 Å². The lowest BCUT2D eigenvalue weighted by Crippen LogP contribution is -2.38. The summed E-state index contributed by atoms with van der Waals surface area (Å²) in [7, 11) is 3.18. The van der Waals surface area contributed by atoms with Crippen LogP contribution in [0.3, 0.4) is 0 Å². The highest BCUT2D eigenvalue weighted by molar-refractivity contribution is 6.33. The molecule has 10 heteroatoms. The lowest BCUT2D eigenvalue weighted by atomic mass is 9.97. The van der Waals surface area contributed by atoms with Crippen molar-refractivity contribution in [2.24, 2.45) is 5.92 Å². The predicted molar refractivity (Wildman–Crippen MR) is 131 cm³/mol. The Bertz CT molecular complexity index is 1050. The van der Waals surface area contributed by atoms with Gasteiger partial charge in [-0.3, -0.25) is 4.79 Å². The third-order valence-corrected chi connectivity index (χ3v) is 7.29. The molecule has 4 rings (SSSR count). The van der Waals surface area contributed by atoms with E-state index in [2.05, 4.69) is 9.88 Å². The molecule has 0 aliphatic carbocycles. The summed E-state index contributed by atoms with van der Waals surface area (Å²) in [5.41, 5.74) is 1.49. The number of hydrogen-bond donors (Lipinski definition) is 1. The largest absolute Gasteiger partial charge is 0.487 e. The second-order valence-electron chi connectivity index (χ2n) is 9.05. The normalized spacial score (nSPS) is 22.9. The highest BCUT2D eigenvalue weighted by atomic mass is 35.5. The molecule has 190 valence electrons. The Hall–Kier alpha value is -2.78. The number of nitrogens with zero attached hydrogens (tertiary/aromatic N) is 3. The van der Waals surface area contributed by atoms with Gasteiger partial charge in [-0.25, -0.2) is 9.37 Å². The molecule has 2 aliphatic rings. The molecule has 2 fully saturated rings. The molecule has 8 nitrogen and oxygen atoms in total. The standard InChI is InChI=1S/C25H31ClFN3O5/c1-15-20(12-25(31)32)30(14-23(15)33-2)16-4-5-22(19(27)10-16)35-17-6-8-29(9-7-17)21-11-24(34-3)28-13-18(21)26/h4-5,10-11,13,15,17,20,23H,6-9,12,14H2,1-3H3,(H,31,32). The van der Waals surface area contributed by atoms with E-state index in [0.29, 0.717) is 49.1 Å². The van der Waals surface area contributed by atoms with Crippen LogP contribution in [0.15, 0.2) is 30.5 Å². The van der Waals surface area contributed by atoms with Crippen LogP contribution in [0, 0.1) is 11.7 Å². The summed E-state index contributed by atoms with van der Waals surface area (Å²) >= 11 is 6.32. The fourth-order valence-corrected chi connectivity index (χ4v) is 5.23. The van der Waals surface area contributed by atoms with E-state index < -0.39 is 11.8 Å². The first-order chi connectivity index (χ1) is 16.8. The minimum Gasteiger partial charge on any atom is -0.487 e. The van der Waals surface area contributed by atoms with E-state index in [0.717, 1.165) is 5.69 Å². The number of pyridine rings is 1. The van der Waals surface area contributed by atoms with Gasteiger partial charge >= 0.3 is 5.97 Å². The number of carboxylic acids is 1. The SMILES string of the molecule is COc1cc(N2CCC(Oc3ccc(N4CC(OC)C(C)C4CC(=O)O)cc3F)CC2)c(Cl)cn1. The van der Waals surface area contributed by atoms with Crippen molar-refractivity contribution in [3.05, 3.63) is 41.3 Å². The predicted octanol–water partition coefficient (Wildman–Crippen LogP) is 4.24. The Kier molecular flexibility index (Phi) is 7.86. The van der Waals surface area contributed by atoms with Gasteiger partial charge in [-0.05, 0) is 12.1 Å². The van der Waals surface area contributed by atoms with Crippen molar-refractivity contribution in [2.45, 2.75) is 44.4 Å². The van der Waals surface area contributed by atoms with Crippen molar-refractivity contribution in [3.63, 3.8) is 0 Å². The summed E-state index contributed by atoms with van der Waals surface area (Å²) in [6.45, 7) is 3.89. The van der Waals surface area contributed by atoms with E-state index in [1.54, 1.807) is 32.5 Å². The second-order valence-corrected chi connectivity index (χ2v) is 9.46. The van der Waals surface area contributed by atoms with Crippen LogP contribution in [-0.4, -0.2) is 68.2 Å². The number of aromatic nitrogens is 1. The minimum absolute atomic E-state index is 0.00846. The summed E-state index contributed by atoms with van der Waals surface area (Å²) in [6.07, 6.45) is 2.72. The maximum absolute atomic E-state index is 15.1. The molecule has 1 aromatic carbocycles. The van der Waals surface area contributed by atoms with Gasteiger partial charge in [-0.15, -0.1) is 0 Å². The van der Waals surface area contributed by atoms with Gasteiger partial charge in [0.2, 0.25) is 5.88 Å². The number of halogens is 2. The third kappa shape index (κ3) is 5.56. The van der Waals surface area contributed by atoms with E-state index in [9.17, 15) is 9.90 Å². The van der Waals surface area contributed by atoms with Gasteiger partial charge in [0.25, 0.3) is 0 Å². The first kappa shape index (κ1) is 25.3. The number of carboxylic acid groups (broad SMARTS) is 1. The number of methoxy groups -OCH3 is 2. The van der Waals surface area contributed by atoms with E-state index >= 15 is 4.39 Å². The summed E-state index contributed by atoms with van der Waals surface area (Å²) in [5.74, 6) is -0.647. The molecule has 3 atom stereocenters. The first-order valence-electron chi connectivity index (χ1n) is 11.7.